The number of benzene rings is 1. The summed E-state index contributed by atoms with van der Waals surface area (Å²) in [6, 6.07) is 3.67. The Kier molecular flexibility index (Phi) is 7.91. The van der Waals surface area contributed by atoms with E-state index in [0.29, 0.717) is 31.1 Å². The number of nitrogens with one attached hydrogen (secondary N) is 1. The van der Waals surface area contributed by atoms with Crippen molar-refractivity contribution in [2.45, 2.75) is 52.0 Å². The summed E-state index contributed by atoms with van der Waals surface area (Å²) in [5.74, 6) is 5.37. The number of ether oxygens (including phenoxy) is 2. The summed E-state index contributed by atoms with van der Waals surface area (Å²) in [6.07, 6.45) is 1.96. The van der Waals surface area contributed by atoms with Crippen LogP contribution in [0.2, 0.25) is 5.02 Å². The van der Waals surface area contributed by atoms with Gasteiger partial charge >= 0.3 is 5.97 Å². The Balaban J connectivity index is 2.15. The Hall–Kier alpha value is -2.03. The normalized spacial score (nSPS) is 21.0. The second kappa shape index (κ2) is 9.95. The van der Waals surface area contributed by atoms with Crippen molar-refractivity contribution >= 4 is 23.5 Å². The molecule has 152 valence electrons. The number of halogens is 1. The zero-order valence-corrected chi connectivity index (χ0v) is 17.7. The molecule has 1 unspecified atom stereocenters. The van der Waals surface area contributed by atoms with E-state index in [0.717, 1.165) is 23.1 Å². The number of aryl methyl sites for hydroxylation is 1. The Labute approximate surface area is 172 Å². The fraction of sp³-hybridized carbons (Fsp3) is 0.545. The van der Waals surface area contributed by atoms with Gasteiger partial charge in [0.15, 0.2) is 0 Å². The highest BCUT2D eigenvalue weighted by Gasteiger charge is 2.47. The van der Waals surface area contributed by atoms with Crippen molar-refractivity contribution < 1.29 is 19.1 Å². The first-order valence-corrected chi connectivity index (χ1v) is 9.92. The molecule has 0 aromatic heterocycles. The van der Waals surface area contributed by atoms with Crippen molar-refractivity contribution in [1.29, 1.82) is 0 Å². The monoisotopic (exact) mass is 405 g/mol. The first kappa shape index (κ1) is 22.3. The van der Waals surface area contributed by atoms with Gasteiger partial charge in [0, 0.05) is 23.8 Å². The van der Waals surface area contributed by atoms with Crippen molar-refractivity contribution in [3.63, 3.8) is 0 Å². The van der Waals surface area contributed by atoms with E-state index in [9.17, 15) is 9.59 Å². The predicted molar refractivity (Wildman–Crippen MR) is 109 cm³/mol. The minimum absolute atomic E-state index is 0.0966. The van der Waals surface area contributed by atoms with Gasteiger partial charge in [-0.3, -0.25) is 4.79 Å². The highest BCUT2D eigenvalue weighted by molar-refractivity contribution is 6.31. The van der Waals surface area contributed by atoms with E-state index in [1.54, 1.807) is 13.0 Å². The van der Waals surface area contributed by atoms with Crippen LogP contribution in [-0.2, 0) is 25.5 Å². The summed E-state index contributed by atoms with van der Waals surface area (Å²) < 4.78 is 10.5. The molecule has 1 aromatic carbocycles. The average Bonchev–Trinajstić information content (AvgIpc) is 3.06. The molecule has 2 rings (SSSR count). The lowest BCUT2D eigenvalue weighted by atomic mass is 9.94. The molecule has 0 radical (unpaired) electrons. The third kappa shape index (κ3) is 5.27. The minimum atomic E-state index is -0.998. The van der Waals surface area contributed by atoms with Crippen LogP contribution in [0.5, 0.6) is 0 Å². The molecule has 1 aliphatic carbocycles. The van der Waals surface area contributed by atoms with Crippen LogP contribution in [0.3, 0.4) is 0 Å². The number of carbonyl (C=O) groups excluding carboxylic acids is 2. The van der Waals surface area contributed by atoms with Gasteiger partial charge in [-0.2, -0.15) is 0 Å². The van der Waals surface area contributed by atoms with Gasteiger partial charge in [0.2, 0.25) is 5.91 Å². The molecule has 1 amide bonds. The zero-order chi connectivity index (χ0) is 20.7. The van der Waals surface area contributed by atoms with Crippen molar-refractivity contribution in [2.24, 2.45) is 5.92 Å². The lowest BCUT2D eigenvalue weighted by Crippen LogP contribution is -2.54. The van der Waals surface area contributed by atoms with E-state index in [4.69, 9.17) is 21.1 Å². The molecule has 1 N–H and O–H groups in total. The molecule has 2 atom stereocenters. The van der Waals surface area contributed by atoms with Crippen LogP contribution in [0, 0.1) is 24.7 Å². The van der Waals surface area contributed by atoms with Crippen LogP contribution >= 0.6 is 11.6 Å². The summed E-state index contributed by atoms with van der Waals surface area (Å²) in [5, 5.41) is 3.44. The molecule has 1 fully saturated rings. The van der Waals surface area contributed by atoms with E-state index < -0.39 is 11.5 Å². The summed E-state index contributed by atoms with van der Waals surface area (Å²) in [4.78, 5) is 25.3. The molecule has 28 heavy (non-hydrogen) atoms. The molecule has 1 aromatic rings. The Morgan fingerprint density at radius 3 is 2.75 bits per heavy atom. The van der Waals surface area contributed by atoms with Gasteiger partial charge in [0.05, 0.1) is 13.5 Å². The first-order valence-electron chi connectivity index (χ1n) is 9.54. The topological polar surface area (TPSA) is 64.6 Å². The van der Waals surface area contributed by atoms with E-state index in [-0.39, 0.29) is 18.2 Å². The number of amides is 1. The molecular formula is C22H28ClNO4. The zero-order valence-electron chi connectivity index (χ0n) is 17.0. The van der Waals surface area contributed by atoms with Crippen molar-refractivity contribution in [2.75, 3.05) is 20.3 Å². The third-order valence-corrected chi connectivity index (χ3v) is 5.49. The molecular weight excluding hydrogens is 378 g/mol. The standard InChI is InChI=1S/C22H28ClNO4/c1-5-7-16-10-15(3)18(19(23)11-16)12-20(25)24-22(21(26)27-4)9-8-17(13-22)14-28-6-2/h10-11,17H,6,8-9,12-14H2,1-4H3,(H,24,25)/t17?,22-/m1/s1. The molecule has 0 spiro atoms. The van der Waals surface area contributed by atoms with Crippen LogP contribution < -0.4 is 5.32 Å². The van der Waals surface area contributed by atoms with Crippen molar-refractivity contribution in [3.05, 3.63) is 33.8 Å². The summed E-state index contributed by atoms with van der Waals surface area (Å²) in [6.45, 7) is 6.81. The van der Waals surface area contributed by atoms with Gasteiger partial charge in [-0.15, -0.1) is 5.92 Å². The van der Waals surface area contributed by atoms with E-state index in [1.165, 1.54) is 7.11 Å². The smallest absolute Gasteiger partial charge is 0.331 e. The van der Waals surface area contributed by atoms with Gasteiger partial charge in [-0.05, 0) is 69.2 Å². The Morgan fingerprint density at radius 2 is 2.14 bits per heavy atom. The van der Waals surface area contributed by atoms with Crippen LogP contribution in [0.1, 0.15) is 49.8 Å². The van der Waals surface area contributed by atoms with Gasteiger partial charge in [0.25, 0.3) is 0 Å². The van der Waals surface area contributed by atoms with Crippen LogP contribution in [0.15, 0.2) is 12.1 Å². The highest BCUT2D eigenvalue weighted by Crippen LogP contribution is 2.36. The van der Waals surface area contributed by atoms with Gasteiger partial charge in [0.1, 0.15) is 5.54 Å². The van der Waals surface area contributed by atoms with E-state index >= 15 is 0 Å². The molecule has 0 saturated heterocycles. The maximum absolute atomic E-state index is 12.8. The predicted octanol–water partition coefficient (Wildman–Crippen LogP) is 3.43. The lowest BCUT2D eigenvalue weighted by molar-refractivity contribution is -0.150. The molecule has 1 aliphatic rings. The number of esters is 1. The fourth-order valence-corrected chi connectivity index (χ4v) is 4.14. The van der Waals surface area contributed by atoms with E-state index in [1.807, 2.05) is 19.9 Å². The van der Waals surface area contributed by atoms with Crippen molar-refractivity contribution in [1.82, 2.24) is 5.32 Å². The molecule has 6 heteroatoms. The summed E-state index contributed by atoms with van der Waals surface area (Å²) >= 11 is 6.38. The number of hydrogen-bond acceptors (Lipinski definition) is 4. The number of hydrogen-bond donors (Lipinski definition) is 1. The van der Waals surface area contributed by atoms with Crippen molar-refractivity contribution in [3.8, 4) is 11.8 Å². The van der Waals surface area contributed by atoms with Crippen LogP contribution in [-0.4, -0.2) is 37.7 Å². The number of rotatable bonds is 7. The Morgan fingerprint density at radius 1 is 1.39 bits per heavy atom. The molecule has 0 bridgehead atoms. The van der Waals surface area contributed by atoms with E-state index in [2.05, 4.69) is 17.2 Å². The average molecular weight is 406 g/mol. The maximum atomic E-state index is 12.8. The maximum Gasteiger partial charge on any atom is 0.331 e. The highest BCUT2D eigenvalue weighted by atomic mass is 35.5. The number of carbonyl (C=O) groups is 2. The molecule has 0 heterocycles. The number of methoxy groups -OCH3 is 1. The van der Waals surface area contributed by atoms with Gasteiger partial charge in [-0.1, -0.05) is 17.5 Å². The third-order valence-electron chi connectivity index (χ3n) is 5.15. The lowest BCUT2D eigenvalue weighted by Gasteiger charge is -2.28. The molecule has 5 nitrogen and oxygen atoms in total. The van der Waals surface area contributed by atoms with Crippen LogP contribution in [0.25, 0.3) is 0 Å². The van der Waals surface area contributed by atoms with Gasteiger partial charge < -0.3 is 14.8 Å². The molecule has 0 aliphatic heterocycles. The second-order valence-corrected chi connectivity index (χ2v) is 7.60. The van der Waals surface area contributed by atoms with Gasteiger partial charge in [-0.25, -0.2) is 4.79 Å². The summed E-state index contributed by atoms with van der Waals surface area (Å²) in [5.41, 5.74) is 1.45. The quantitative estimate of drug-likeness (QED) is 0.557. The molecule has 1 saturated carbocycles. The first-order chi connectivity index (χ1) is 13.3. The Bertz CT molecular complexity index is 772. The fourth-order valence-electron chi connectivity index (χ4n) is 3.81. The summed E-state index contributed by atoms with van der Waals surface area (Å²) in [7, 11) is 1.35. The SMILES string of the molecule is CC#Cc1cc(C)c(CC(=O)N[C@]2(C(=O)OC)CCC(COCC)C2)c(Cl)c1. The van der Waals surface area contributed by atoms with Crippen LogP contribution in [0.4, 0.5) is 0 Å². The second-order valence-electron chi connectivity index (χ2n) is 7.20. The largest absolute Gasteiger partial charge is 0.467 e. The minimum Gasteiger partial charge on any atom is -0.467 e.